The topological polar surface area (TPSA) is 130 Å². The van der Waals surface area contributed by atoms with Crippen molar-refractivity contribution in [3.05, 3.63) is 29.6 Å². The molecule has 4 rings (SSSR count). The van der Waals surface area contributed by atoms with Gasteiger partial charge in [0.1, 0.15) is 17.6 Å². The standard InChI is InChI=1S/C26H34FN5O5/c1-25(2,3)37-24(34)32-13-26(4,14-32)15-36-23-17(12-28)22(29-20-7-5-6-10-35-20)30-21(31-23)16-8-9-19(33)18(27)11-16/h8-9,11-12,20,28,33H,5-7,10,13-15H2,1-4H3,(H,29,30,31). The highest BCUT2D eigenvalue weighted by Crippen LogP contribution is 2.34. The minimum absolute atomic E-state index is 0.156. The molecule has 1 atom stereocenters. The van der Waals surface area contributed by atoms with Gasteiger partial charge in [-0.3, -0.25) is 0 Å². The number of carbonyl (C=O) groups excluding carboxylic acids is 1. The van der Waals surface area contributed by atoms with Gasteiger partial charge in [-0.05, 0) is 58.2 Å². The Morgan fingerprint density at radius 2 is 2.11 bits per heavy atom. The Labute approximate surface area is 215 Å². The molecule has 37 heavy (non-hydrogen) atoms. The summed E-state index contributed by atoms with van der Waals surface area (Å²) in [5.74, 6) is -0.605. The number of anilines is 1. The van der Waals surface area contributed by atoms with Crippen molar-refractivity contribution >= 4 is 18.1 Å². The van der Waals surface area contributed by atoms with Gasteiger partial charge in [-0.2, -0.15) is 4.98 Å². The molecule has 2 aliphatic heterocycles. The summed E-state index contributed by atoms with van der Waals surface area (Å²) in [7, 11) is 0. The predicted octanol–water partition coefficient (Wildman–Crippen LogP) is 4.56. The third-order valence-corrected chi connectivity index (χ3v) is 6.09. The zero-order valence-electron chi connectivity index (χ0n) is 21.6. The van der Waals surface area contributed by atoms with Crippen LogP contribution >= 0.6 is 0 Å². The molecular weight excluding hydrogens is 481 g/mol. The molecule has 0 spiro atoms. The molecule has 3 heterocycles. The molecule has 1 amide bonds. The molecule has 1 unspecified atom stereocenters. The van der Waals surface area contributed by atoms with Crippen LogP contribution in [0.25, 0.3) is 11.4 Å². The zero-order chi connectivity index (χ0) is 26.8. The normalized spacial score (nSPS) is 19.1. The highest BCUT2D eigenvalue weighted by atomic mass is 19.1. The molecule has 2 aromatic rings. The first kappa shape index (κ1) is 26.6. The number of phenolic OH excluding ortho intramolecular Hbond substituents is 1. The second kappa shape index (κ2) is 10.5. The number of rotatable bonds is 7. The SMILES string of the molecule is CC1(COc2nc(-c3ccc(O)c(F)c3)nc(NC3CCCCO3)c2C=N)CN(C(=O)OC(C)(C)C)C1. The Bertz CT molecular complexity index is 1160. The second-order valence-electron chi connectivity index (χ2n) is 10.9. The quantitative estimate of drug-likeness (QED) is 0.458. The lowest BCUT2D eigenvalue weighted by atomic mass is 9.83. The number of nitrogens with one attached hydrogen (secondary N) is 2. The Morgan fingerprint density at radius 3 is 2.73 bits per heavy atom. The number of hydrogen-bond donors (Lipinski definition) is 3. The lowest BCUT2D eigenvalue weighted by Gasteiger charge is -2.47. The van der Waals surface area contributed by atoms with Crippen molar-refractivity contribution < 1.29 is 28.5 Å². The van der Waals surface area contributed by atoms with E-state index in [1.807, 2.05) is 27.7 Å². The highest BCUT2D eigenvalue weighted by molar-refractivity contribution is 5.88. The molecule has 3 N–H and O–H groups in total. The van der Waals surface area contributed by atoms with Gasteiger partial charge in [-0.1, -0.05) is 6.92 Å². The molecule has 11 heteroatoms. The molecule has 10 nitrogen and oxygen atoms in total. The number of hydrogen-bond acceptors (Lipinski definition) is 9. The van der Waals surface area contributed by atoms with E-state index >= 15 is 0 Å². The van der Waals surface area contributed by atoms with Crippen LogP contribution in [0.5, 0.6) is 11.6 Å². The summed E-state index contributed by atoms with van der Waals surface area (Å²) in [5.41, 5.74) is -0.236. The van der Waals surface area contributed by atoms with Gasteiger partial charge in [0.2, 0.25) is 5.88 Å². The van der Waals surface area contributed by atoms with Gasteiger partial charge < -0.3 is 34.9 Å². The summed E-state index contributed by atoms with van der Waals surface area (Å²) in [5, 5.41) is 20.8. The fourth-order valence-electron chi connectivity index (χ4n) is 4.25. The highest BCUT2D eigenvalue weighted by Gasteiger charge is 2.44. The Balaban J connectivity index is 1.57. The number of halogens is 1. The molecular formula is C26H34FN5O5. The molecule has 0 bridgehead atoms. The van der Waals surface area contributed by atoms with Gasteiger partial charge in [0.15, 0.2) is 17.4 Å². The van der Waals surface area contributed by atoms with Crippen molar-refractivity contribution in [1.29, 1.82) is 5.41 Å². The van der Waals surface area contributed by atoms with Crippen molar-refractivity contribution in [3.63, 3.8) is 0 Å². The third-order valence-electron chi connectivity index (χ3n) is 6.09. The Morgan fingerprint density at radius 1 is 1.35 bits per heavy atom. The summed E-state index contributed by atoms with van der Waals surface area (Å²) in [6, 6.07) is 3.89. The second-order valence-corrected chi connectivity index (χ2v) is 10.9. The van der Waals surface area contributed by atoms with E-state index in [0.29, 0.717) is 36.6 Å². The van der Waals surface area contributed by atoms with Crippen LogP contribution in [0.3, 0.4) is 0 Å². The van der Waals surface area contributed by atoms with E-state index in [4.69, 9.17) is 19.6 Å². The van der Waals surface area contributed by atoms with E-state index in [2.05, 4.69) is 15.3 Å². The molecule has 0 saturated carbocycles. The number of nitrogens with zero attached hydrogens (tertiary/aromatic N) is 3. The van der Waals surface area contributed by atoms with Gasteiger partial charge >= 0.3 is 6.09 Å². The molecule has 2 aliphatic rings. The van der Waals surface area contributed by atoms with E-state index in [1.54, 1.807) is 4.90 Å². The Hall–Kier alpha value is -3.47. The van der Waals surface area contributed by atoms with Crippen LogP contribution in [0.2, 0.25) is 0 Å². The minimum atomic E-state index is -0.797. The first-order chi connectivity index (χ1) is 17.5. The first-order valence-corrected chi connectivity index (χ1v) is 12.4. The average Bonchev–Trinajstić information content (AvgIpc) is 2.82. The molecule has 2 fully saturated rings. The van der Waals surface area contributed by atoms with E-state index in [9.17, 15) is 14.3 Å². The maximum absolute atomic E-state index is 14.1. The van der Waals surface area contributed by atoms with Crippen LogP contribution < -0.4 is 10.1 Å². The number of likely N-dealkylation sites (tertiary alicyclic amines) is 1. The zero-order valence-corrected chi connectivity index (χ0v) is 21.6. The third kappa shape index (κ3) is 6.46. The van der Waals surface area contributed by atoms with Crippen molar-refractivity contribution in [2.45, 2.75) is 58.8 Å². The molecule has 1 aromatic heterocycles. The fourth-order valence-corrected chi connectivity index (χ4v) is 4.25. The fraction of sp³-hybridized carbons (Fsp3) is 0.538. The Kier molecular flexibility index (Phi) is 7.54. The van der Waals surface area contributed by atoms with Crippen LogP contribution in [0.1, 0.15) is 52.5 Å². The number of benzene rings is 1. The molecule has 2 saturated heterocycles. The number of aromatic nitrogens is 2. The van der Waals surface area contributed by atoms with Crippen molar-refractivity contribution in [3.8, 4) is 23.0 Å². The number of amides is 1. The van der Waals surface area contributed by atoms with Gasteiger partial charge in [0.25, 0.3) is 0 Å². The molecule has 0 aliphatic carbocycles. The van der Waals surface area contributed by atoms with E-state index < -0.39 is 17.2 Å². The lowest BCUT2D eigenvalue weighted by molar-refractivity contribution is -0.0433. The maximum atomic E-state index is 14.1. The van der Waals surface area contributed by atoms with Crippen molar-refractivity contribution in [2.24, 2.45) is 5.41 Å². The van der Waals surface area contributed by atoms with Gasteiger partial charge in [-0.25, -0.2) is 14.2 Å². The maximum Gasteiger partial charge on any atom is 0.410 e. The predicted molar refractivity (Wildman–Crippen MR) is 136 cm³/mol. The van der Waals surface area contributed by atoms with Gasteiger partial charge in [0, 0.05) is 36.9 Å². The average molecular weight is 516 g/mol. The summed E-state index contributed by atoms with van der Waals surface area (Å²) < 4.78 is 31.4. The number of ether oxygens (including phenoxy) is 3. The van der Waals surface area contributed by atoms with Crippen LogP contribution in [-0.4, -0.2) is 70.4 Å². The minimum Gasteiger partial charge on any atom is -0.505 e. The number of aromatic hydroxyl groups is 1. The van der Waals surface area contributed by atoms with Gasteiger partial charge in [0.05, 0.1) is 12.2 Å². The van der Waals surface area contributed by atoms with Crippen LogP contribution in [0.4, 0.5) is 15.0 Å². The molecule has 0 radical (unpaired) electrons. The van der Waals surface area contributed by atoms with Crippen LogP contribution in [-0.2, 0) is 9.47 Å². The van der Waals surface area contributed by atoms with E-state index in [-0.39, 0.29) is 36.0 Å². The first-order valence-electron chi connectivity index (χ1n) is 12.4. The van der Waals surface area contributed by atoms with E-state index in [1.165, 1.54) is 12.1 Å². The van der Waals surface area contributed by atoms with Crippen molar-refractivity contribution in [1.82, 2.24) is 14.9 Å². The smallest absolute Gasteiger partial charge is 0.410 e. The number of phenols is 1. The van der Waals surface area contributed by atoms with Crippen molar-refractivity contribution in [2.75, 3.05) is 31.6 Å². The summed E-state index contributed by atoms with van der Waals surface area (Å²) in [6.07, 6.45) is 3.20. The largest absolute Gasteiger partial charge is 0.505 e. The summed E-state index contributed by atoms with van der Waals surface area (Å²) in [6.45, 7) is 9.20. The monoisotopic (exact) mass is 515 g/mol. The summed E-state index contributed by atoms with van der Waals surface area (Å²) in [4.78, 5) is 23.0. The van der Waals surface area contributed by atoms with Crippen LogP contribution in [0.15, 0.2) is 18.2 Å². The molecule has 1 aromatic carbocycles. The molecule has 200 valence electrons. The van der Waals surface area contributed by atoms with Gasteiger partial charge in [-0.15, -0.1) is 0 Å². The lowest BCUT2D eigenvalue weighted by Crippen LogP contribution is -2.60. The number of carbonyl (C=O) groups is 1. The van der Waals surface area contributed by atoms with Crippen LogP contribution in [0, 0.1) is 16.6 Å². The summed E-state index contributed by atoms with van der Waals surface area (Å²) >= 11 is 0. The van der Waals surface area contributed by atoms with E-state index in [0.717, 1.165) is 31.5 Å².